The Morgan fingerprint density at radius 3 is 2.13 bits per heavy atom. The lowest BCUT2D eigenvalue weighted by Crippen LogP contribution is -2.42. The van der Waals surface area contributed by atoms with Gasteiger partial charge in [0, 0.05) is 42.8 Å². The van der Waals surface area contributed by atoms with Gasteiger partial charge in [-0.15, -0.1) is 0 Å². The van der Waals surface area contributed by atoms with Crippen LogP contribution in [0.4, 0.5) is 37.0 Å². The van der Waals surface area contributed by atoms with Crippen molar-refractivity contribution in [3.8, 4) is 17.3 Å². The van der Waals surface area contributed by atoms with Crippen LogP contribution in [-0.2, 0) is 16.0 Å². The lowest BCUT2D eigenvalue weighted by atomic mass is 10.1. The maximum absolute atomic E-state index is 13.9. The van der Waals surface area contributed by atoms with E-state index in [9.17, 15) is 44.3 Å². The smallest absolute Gasteiger partial charge is 0.459 e. The monoisotopic (exact) mass is 778 g/mol. The summed E-state index contributed by atoms with van der Waals surface area (Å²) in [5.74, 6) is -5.93. The summed E-state index contributed by atoms with van der Waals surface area (Å²) in [4.78, 5) is 29.4. The fourth-order valence-electron chi connectivity index (χ4n) is 5.38. The largest absolute Gasteiger partial charge is 0.474 e. The fourth-order valence-corrected chi connectivity index (χ4v) is 5.84. The average Bonchev–Trinajstić information content (AvgIpc) is 3.53. The van der Waals surface area contributed by atoms with Gasteiger partial charge in [-0.2, -0.15) is 35.5 Å². The zero-order valence-electron chi connectivity index (χ0n) is 28.5. The molecule has 0 spiro atoms. The molecule has 0 aliphatic carbocycles. The van der Waals surface area contributed by atoms with Gasteiger partial charge in [0.1, 0.15) is 23.4 Å². The van der Waals surface area contributed by atoms with Gasteiger partial charge in [-0.1, -0.05) is 48.0 Å². The van der Waals surface area contributed by atoms with Gasteiger partial charge in [0.05, 0.1) is 23.7 Å². The standard InChI is InChI=1S/C22H21FN2O5S.C13H11F5N4O/c1-31(27,28)30-20-14-24-21(17-7-3-2-6-16(17)20)29-15-10-12-25(13-11-15)22(26)18-8-4-5-9-19(18)23;1-7-2-4-8(5-3-7)22-10(20-11(19)23)6-9(21-22)12(14,15)13(16,17)18/h2-9,14-15H,10-13H2,1H3;2-6H,1H3,(H3,19,20,23). The first kappa shape index (κ1) is 39.4. The van der Waals surface area contributed by atoms with E-state index in [4.69, 9.17) is 14.7 Å². The Balaban J connectivity index is 0.000000218. The Bertz CT molecular complexity index is 2260. The molecular formula is C35H32F6N6O6S. The molecule has 286 valence electrons. The Morgan fingerprint density at radius 2 is 1.54 bits per heavy atom. The topological polar surface area (TPSA) is 159 Å². The average molecular weight is 779 g/mol. The number of hydrogen-bond acceptors (Lipinski definition) is 8. The number of carbonyl (C=O) groups is 2. The summed E-state index contributed by atoms with van der Waals surface area (Å²) in [6.07, 6.45) is -2.56. The van der Waals surface area contributed by atoms with Crippen molar-refractivity contribution in [2.75, 3.05) is 24.7 Å². The summed E-state index contributed by atoms with van der Waals surface area (Å²) in [6.45, 7) is 2.63. The Hall–Kier alpha value is -5.85. The number of nitrogens with two attached hydrogens (primary N) is 1. The highest BCUT2D eigenvalue weighted by Crippen LogP contribution is 2.44. The highest BCUT2D eigenvalue weighted by Gasteiger charge is 2.60. The number of nitrogens with zero attached hydrogens (tertiary/aromatic N) is 4. The predicted molar refractivity (Wildman–Crippen MR) is 185 cm³/mol. The van der Waals surface area contributed by atoms with Crippen LogP contribution >= 0.6 is 0 Å². The molecule has 0 saturated carbocycles. The molecule has 0 unspecified atom stereocenters. The van der Waals surface area contributed by atoms with Crippen LogP contribution in [0.1, 0.15) is 34.5 Å². The van der Waals surface area contributed by atoms with Crippen LogP contribution in [0, 0.1) is 12.7 Å². The number of aryl methyl sites for hydroxylation is 1. The number of nitrogens with one attached hydrogen (secondary N) is 1. The maximum Gasteiger partial charge on any atom is 0.459 e. The molecule has 1 saturated heterocycles. The quantitative estimate of drug-likeness (QED) is 0.130. The third-order valence-electron chi connectivity index (χ3n) is 7.99. The number of ether oxygens (including phenoxy) is 1. The van der Waals surface area contributed by atoms with Gasteiger partial charge in [-0.3, -0.25) is 10.1 Å². The second-order valence-electron chi connectivity index (χ2n) is 12.1. The number of likely N-dealkylation sites (tertiary alicyclic amines) is 1. The van der Waals surface area contributed by atoms with E-state index in [-0.39, 0.29) is 29.0 Å². The van der Waals surface area contributed by atoms with Gasteiger partial charge >= 0.3 is 28.2 Å². The van der Waals surface area contributed by atoms with E-state index in [1.807, 2.05) is 5.32 Å². The first-order chi connectivity index (χ1) is 25.3. The number of alkyl halides is 5. The molecular weight excluding hydrogens is 746 g/mol. The highest BCUT2D eigenvalue weighted by molar-refractivity contribution is 7.86. The zero-order chi connectivity index (χ0) is 39.4. The minimum Gasteiger partial charge on any atom is -0.474 e. The number of halogens is 6. The molecule has 3 amide bonds. The number of piperidine rings is 1. The van der Waals surface area contributed by atoms with Crippen LogP contribution in [0.2, 0.25) is 0 Å². The lowest BCUT2D eigenvalue weighted by Gasteiger charge is -2.32. The molecule has 5 aromatic rings. The van der Waals surface area contributed by atoms with Crippen molar-refractivity contribution in [3.63, 3.8) is 0 Å². The predicted octanol–water partition coefficient (Wildman–Crippen LogP) is 6.72. The molecule has 0 bridgehead atoms. The number of benzene rings is 3. The van der Waals surface area contributed by atoms with Crippen LogP contribution in [0.3, 0.4) is 0 Å². The van der Waals surface area contributed by atoms with E-state index >= 15 is 0 Å². The van der Waals surface area contributed by atoms with Crippen LogP contribution in [-0.4, -0.2) is 71.6 Å². The maximum atomic E-state index is 13.9. The summed E-state index contributed by atoms with van der Waals surface area (Å²) in [5, 5.41) is 6.45. The van der Waals surface area contributed by atoms with Crippen molar-refractivity contribution < 1.29 is 53.3 Å². The minimum absolute atomic E-state index is 0.0657. The molecule has 3 N–H and O–H groups in total. The van der Waals surface area contributed by atoms with Crippen LogP contribution in [0.25, 0.3) is 16.5 Å². The number of amides is 3. The van der Waals surface area contributed by atoms with E-state index in [0.29, 0.717) is 48.6 Å². The van der Waals surface area contributed by atoms with E-state index in [1.165, 1.54) is 30.5 Å². The minimum atomic E-state index is -5.82. The number of carbonyl (C=O) groups excluding carboxylic acids is 2. The van der Waals surface area contributed by atoms with Crippen LogP contribution in [0.15, 0.2) is 85.1 Å². The third-order valence-corrected chi connectivity index (χ3v) is 8.47. The Kier molecular flexibility index (Phi) is 11.4. The van der Waals surface area contributed by atoms with Crippen molar-refractivity contribution in [2.24, 2.45) is 5.73 Å². The van der Waals surface area contributed by atoms with Gasteiger partial charge in [0.2, 0.25) is 5.88 Å². The summed E-state index contributed by atoms with van der Waals surface area (Å²) < 4.78 is 113. The van der Waals surface area contributed by atoms with Gasteiger partial charge in [0.25, 0.3) is 5.91 Å². The number of rotatable bonds is 8. The molecule has 3 aromatic carbocycles. The molecule has 54 heavy (non-hydrogen) atoms. The molecule has 1 fully saturated rings. The van der Waals surface area contributed by atoms with E-state index in [2.05, 4.69) is 10.1 Å². The molecule has 6 rings (SSSR count). The number of hydrogen-bond donors (Lipinski definition) is 2. The van der Waals surface area contributed by atoms with Gasteiger partial charge < -0.3 is 19.6 Å². The molecule has 1 aliphatic rings. The van der Waals surface area contributed by atoms with Crippen LogP contribution < -0.4 is 20.0 Å². The normalized spacial score (nSPS) is 13.9. The number of anilines is 1. The van der Waals surface area contributed by atoms with Gasteiger partial charge in [-0.25, -0.2) is 18.9 Å². The van der Waals surface area contributed by atoms with E-state index in [0.717, 1.165) is 16.5 Å². The van der Waals surface area contributed by atoms with Crippen molar-refractivity contribution >= 4 is 38.6 Å². The van der Waals surface area contributed by atoms with Crippen LogP contribution in [0.5, 0.6) is 11.6 Å². The number of fused-ring (bicyclic) bond motifs is 1. The summed E-state index contributed by atoms with van der Waals surface area (Å²) in [7, 11) is -3.69. The first-order valence-electron chi connectivity index (χ1n) is 16.0. The number of aromatic nitrogens is 3. The van der Waals surface area contributed by atoms with Crippen molar-refractivity contribution in [1.29, 1.82) is 0 Å². The van der Waals surface area contributed by atoms with Crippen molar-refractivity contribution in [1.82, 2.24) is 19.7 Å². The second-order valence-corrected chi connectivity index (χ2v) is 13.6. The summed E-state index contributed by atoms with van der Waals surface area (Å²) in [5.41, 5.74) is 4.44. The Morgan fingerprint density at radius 1 is 0.926 bits per heavy atom. The highest BCUT2D eigenvalue weighted by atomic mass is 32.2. The number of primary amides is 1. The lowest BCUT2D eigenvalue weighted by molar-refractivity contribution is -0.291. The number of pyridine rings is 1. The molecule has 19 heteroatoms. The Labute approximate surface area is 304 Å². The van der Waals surface area contributed by atoms with Gasteiger partial charge in [0.15, 0.2) is 5.75 Å². The number of urea groups is 1. The van der Waals surface area contributed by atoms with E-state index < -0.39 is 45.6 Å². The van der Waals surface area contributed by atoms with E-state index in [1.54, 1.807) is 60.4 Å². The second kappa shape index (κ2) is 15.6. The van der Waals surface area contributed by atoms with Crippen molar-refractivity contribution in [2.45, 2.75) is 38.0 Å². The molecule has 12 nitrogen and oxygen atoms in total. The third kappa shape index (κ3) is 9.20. The first-order valence-corrected chi connectivity index (χ1v) is 17.8. The van der Waals surface area contributed by atoms with Gasteiger partial charge in [-0.05, 0) is 37.3 Å². The molecule has 0 radical (unpaired) electrons. The molecule has 2 aromatic heterocycles. The fraction of sp³-hybridized carbons (Fsp3) is 0.257. The summed E-state index contributed by atoms with van der Waals surface area (Å²) >= 11 is 0. The molecule has 0 atom stereocenters. The van der Waals surface area contributed by atoms with Crippen molar-refractivity contribution in [3.05, 3.63) is 108 Å². The summed E-state index contributed by atoms with van der Waals surface area (Å²) in [6, 6.07) is 18.4. The SMILES string of the molecule is CS(=O)(=O)Oc1cnc(OC2CCN(C(=O)c3ccccc3F)CC2)c2ccccc12.Cc1ccc(-n2nc(C(F)(F)C(F)(F)F)cc2NC(N)=O)cc1. The molecule has 1 aliphatic heterocycles. The molecule has 3 heterocycles. The zero-order valence-corrected chi connectivity index (χ0v) is 29.3.